The lowest BCUT2D eigenvalue weighted by atomic mass is 10.2. The molecule has 0 amide bonds. The molecule has 0 unspecified atom stereocenters. The molecule has 3 rings (SSSR count). The summed E-state index contributed by atoms with van der Waals surface area (Å²) in [6.07, 6.45) is 0. The third-order valence-electron chi connectivity index (χ3n) is 2.71. The molecule has 4 heteroatoms. The van der Waals surface area contributed by atoms with Gasteiger partial charge in [-0.05, 0) is 42.8 Å². The van der Waals surface area contributed by atoms with Crippen LogP contribution >= 0.6 is 27.3 Å². The van der Waals surface area contributed by atoms with Gasteiger partial charge in [-0.3, -0.25) is 0 Å². The van der Waals surface area contributed by atoms with Crippen molar-refractivity contribution in [2.75, 3.05) is 5.73 Å². The van der Waals surface area contributed by atoms with E-state index < -0.39 is 0 Å². The molecule has 0 saturated heterocycles. The molecule has 0 atom stereocenters. The second-order valence-corrected chi connectivity index (χ2v) is 6.21. The van der Waals surface area contributed by atoms with Gasteiger partial charge in [0.1, 0.15) is 5.01 Å². The summed E-state index contributed by atoms with van der Waals surface area (Å²) < 4.78 is 2.18. The monoisotopic (exact) mass is 318 g/mol. The van der Waals surface area contributed by atoms with E-state index in [1.165, 1.54) is 10.3 Å². The summed E-state index contributed by atoms with van der Waals surface area (Å²) in [5.74, 6) is 0. The third-order valence-corrected chi connectivity index (χ3v) is 4.25. The van der Waals surface area contributed by atoms with Gasteiger partial charge in [0.25, 0.3) is 0 Å². The second-order valence-electron chi connectivity index (χ2n) is 4.26. The Labute approximate surface area is 118 Å². The van der Waals surface area contributed by atoms with E-state index in [-0.39, 0.29) is 0 Å². The first kappa shape index (κ1) is 11.7. The summed E-state index contributed by atoms with van der Waals surface area (Å²) in [4.78, 5) is 4.67. The largest absolute Gasteiger partial charge is 0.399 e. The average Bonchev–Trinajstić information content (AvgIpc) is 2.70. The van der Waals surface area contributed by atoms with Crippen LogP contribution in [0, 0.1) is 6.92 Å². The minimum absolute atomic E-state index is 0.745. The predicted molar refractivity (Wildman–Crippen MR) is 81.9 cm³/mol. The summed E-state index contributed by atoms with van der Waals surface area (Å²) in [7, 11) is 0. The number of fused-ring (bicyclic) bond motifs is 1. The Balaban J connectivity index is 2.19. The number of nitrogen functional groups attached to an aromatic ring is 1. The Hall–Kier alpha value is -1.39. The molecule has 3 aromatic rings. The zero-order chi connectivity index (χ0) is 12.7. The average molecular weight is 319 g/mol. The topological polar surface area (TPSA) is 38.9 Å². The minimum Gasteiger partial charge on any atom is -0.399 e. The summed E-state index contributed by atoms with van der Waals surface area (Å²) in [6, 6.07) is 12.2. The molecule has 18 heavy (non-hydrogen) atoms. The maximum Gasteiger partial charge on any atom is 0.124 e. The highest BCUT2D eigenvalue weighted by Crippen LogP contribution is 2.33. The number of hydrogen-bond donors (Lipinski definition) is 1. The van der Waals surface area contributed by atoms with E-state index in [0.717, 1.165) is 26.2 Å². The normalized spacial score (nSPS) is 11.0. The van der Waals surface area contributed by atoms with E-state index in [1.807, 2.05) is 18.2 Å². The molecular formula is C14H11BrN2S. The number of nitrogens with zero attached hydrogens (tertiary/aromatic N) is 1. The fourth-order valence-corrected chi connectivity index (χ4v) is 3.34. The molecule has 90 valence electrons. The van der Waals surface area contributed by atoms with Crippen LogP contribution in [0.5, 0.6) is 0 Å². The smallest absolute Gasteiger partial charge is 0.124 e. The highest BCUT2D eigenvalue weighted by atomic mass is 79.9. The molecule has 0 aliphatic rings. The lowest BCUT2D eigenvalue weighted by molar-refractivity contribution is 1.44. The van der Waals surface area contributed by atoms with Gasteiger partial charge in [-0.25, -0.2) is 4.98 Å². The minimum atomic E-state index is 0.745. The van der Waals surface area contributed by atoms with Crippen LogP contribution in [0.2, 0.25) is 0 Å². The van der Waals surface area contributed by atoms with Gasteiger partial charge >= 0.3 is 0 Å². The van der Waals surface area contributed by atoms with Gasteiger partial charge in [0, 0.05) is 15.7 Å². The molecule has 0 saturated carbocycles. The predicted octanol–water partition coefficient (Wildman–Crippen LogP) is 4.62. The maximum atomic E-state index is 5.86. The van der Waals surface area contributed by atoms with E-state index >= 15 is 0 Å². The van der Waals surface area contributed by atoms with Crippen LogP contribution in [0.4, 0.5) is 5.69 Å². The zero-order valence-corrected chi connectivity index (χ0v) is 12.2. The molecule has 0 radical (unpaired) electrons. The summed E-state index contributed by atoms with van der Waals surface area (Å²) in [5.41, 5.74) is 9.94. The van der Waals surface area contributed by atoms with Crippen LogP contribution in [0.3, 0.4) is 0 Å². The van der Waals surface area contributed by atoms with Crippen molar-refractivity contribution >= 4 is 43.2 Å². The number of halogens is 1. The van der Waals surface area contributed by atoms with Crippen LogP contribution in [-0.4, -0.2) is 4.98 Å². The van der Waals surface area contributed by atoms with Crippen LogP contribution < -0.4 is 5.73 Å². The van der Waals surface area contributed by atoms with Gasteiger partial charge in [-0.2, -0.15) is 0 Å². The molecule has 0 fully saturated rings. The number of hydrogen-bond acceptors (Lipinski definition) is 3. The first-order valence-electron chi connectivity index (χ1n) is 5.55. The van der Waals surface area contributed by atoms with Gasteiger partial charge in [-0.15, -0.1) is 11.3 Å². The van der Waals surface area contributed by atoms with E-state index in [2.05, 4.69) is 46.0 Å². The Morgan fingerprint density at radius 1 is 1.17 bits per heavy atom. The van der Waals surface area contributed by atoms with E-state index in [4.69, 9.17) is 5.73 Å². The van der Waals surface area contributed by atoms with Crippen molar-refractivity contribution in [3.8, 4) is 10.6 Å². The number of benzene rings is 2. The maximum absolute atomic E-state index is 5.86. The quantitative estimate of drug-likeness (QED) is 0.665. The van der Waals surface area contributed by atoms with Gasteiger partial charge in [0.15, 0.2) is 0 Å². The van der Waals surface area contributed by atoms with Gasteiger partial charge in [-0.1, -0.05) is 22.0 Å². The number of anilines is 1. The first-order valence-corrected chi connectivity index (χ1v) is 7.16. The molecule has 0 bridgehead atoms. The van der Waals surface area contributed by atoms with Crippen molar-refractivity contribution in [1.82, 2.24) is 4.98 Å². The number of nitrogens with two attached hydrogens (primary N) is 1. The standard InChI is InChI=1S/C14H11BrN2S/c1-8-2-3-13-12(4-8)17-14(18-13)9-5-10(15)7-11(16)6-9/h2-7H,16H2,1H3. The Morgan fingerprint density at radius 3 is 2.78 bits per heavy atom. The van der Waals surface area contributed by atoms with E-state index in [1.54, 1.807) is 11.3 Å². The molecule has 2 aromatic carbocycles. The summed E-state index contributed by atoms with van der Waals surface area (Å²) in [5, 5.41) is 1.00. The van der Waals surface area contributed by atoms with Crippen molar-refractivity contribution in [2.45, 2.75) is 6.92 Å². The first-order chi connectivity index (χ1) is 8.61. The van der Waals surface area contributed by atoms with Crippen LogP contribution in [0.25, 0.3) is 20.8 Å². The Kier molecular flexibility index (Phi) is 2.84. The third kappa shape index (κ3) is 2.13. The number of aryl methyl sites for hydroxylation is 1. The molecule has 0 aliphatic carbocycles. The molecule has 1 heterocycles. The van der Waals surface area contributed by atoms with Crippen molar-refractivity contribution in [2.24, 2.45) is 0 Å². The fraction of sp³-hybridized carbons (Fsp3) is 0.0714. The molecule has 0 aliphatic heterocycles. The highest BCUT2D eigenvalue weighted by Gasteiger charge is 2.07. The number of thiazole rings is 1. The van der Waals surface area contributed by atoms with E-state index in [0.29, 0.717) is 0 Å². The van der Waals surface area contributed by atoms with Crippen molar-refractivity contribution in [1.29, 1.82) is 0 Å². The van der Waals surface area contributed by atoms with Gasteiger partial charge < -0.3 is 5.73 Å². The fourth-order valence-electron chi connectivity index (χ4n) is 1.90. The molecule has 1 aromatic heterocycles. The van der Waals surface area contributed by atoms with E-state index in [9.17, 15) is 0 Å². The lowest BCUT2D eigenvalue weighted by Gasteiger charge is -1.99. The summed E-state index contributed by atoms with van der Waals surface area (Å²) in [6.45, 7) is 2.08. The Morgan fingerprint density at radius 2 is 2.00 bits per heavy atom. The molecular weight excluding hydrogens is 308 g/mol. The van der Waals surface area contributed by atoms with Crippen molar-refractivity contribution in [3.63, 3.8) is 0 Å². The molecule has 2 nitrogen and oxygen atoms in total. The SMILES string of the molecule is Cc1ccc2sc(-c3cc(N)cc(Br)c3)nc2c1. The van der Waals surface area contributed by atoms with Crippen LogP contribution in [0.1, 0.15) is 5.56 Å². The molecule has 2 N–H and O–H groups in total. The number of rotatable bonds is 1. The van der Waals surface area contributed by atoms with Crippen molar-refractivity contribution < 1.29 is 0 Å². The highest BCUT2D eigenvalue weighted by molar-refractivity contribution is 9.10. The van der Waals surface area contributed by atoms with Gasteiger partial charge in [0.2, 0.25) is 0 Å². The van der Waals surface area contributed by atoms with Crippen LogP contribution in [-0.2, 0) is 0 Å². The zero-order valence-electron chi connectivity index (χ0n) is 9.77. The Bertz CT molecular complexity index is 713. The molecule has 0 spiro atoms. The summed E-state index contributed by atoms with van der Waals surface area (Å²) >= 11 is 5.15. The van der Waals surface area contributed by atoms with Crippen LogP contribution in [0.15, 0.2) is 40.9 Å². The second kappa shape index (κ2) is 4.37. The van der Waals surface area contributed by atoms with Gasteiger partial charge in [0.05, 0.1) is 10.2 Å². The van der Waals surface area contributed by atoms with Crippen molar-refractivity contribution in [3.05, 3.63) is 46.4 Å². The number of aromatic nitrogens is 1. The lowest BCUT2D eigenvalue weighted by Crippen LogP contribution is -1.85.